The normalized spacial score (nSPS) is 35.3. The van der Waals surface area contributed by atoms with Crippen molar-refractivity contribution in [3.05, 3.63) is 0 Å². The van der Waals surface area contributed by atoms with E-state index in [-0.39, 0.29) is 31.0 Å². The van der Waals surface area contributed by atoms with Gasteiger partial charge in [0.25, 0.3) is 0 Å². The van der Waals surface area contributed by atoms with Gasteiger partial charge in [-0.15, -0.1) is 0 Å². The number of carbonyl (C=O) groups is 1. The molecule has 3 aliphatic heterocycles. The zero-order valence-electron chi connectivity index (χ0n) is 13.8. The molecule has 0 aromatic carbocycles. The van der Waals surface area contributed by atoms with E-state index in [9.17, 15) is 15.0 Å². The molecule has 0 aliphatic carbocycles. The van der Waals surface area contributed by atoms with Gasteiger partial charge in [0.05, 0.1) is 12.1 Å². The standard InChI is InChI=1S/C13H24N8O4/c1-17-3-2-6-4-12(23,24)13-8(19-9(14)20-13)7(5-25-11(16)22)18-10(15)21(6)13/h6-8,17,23-24H,2-5H2,1H3,(H2,15,18)(H2,16,22)(H3,14,19,20)/t6?,7-,8-,13-/m0/s1. The van der Waals surface area contributed by atoms with Gasteiger partial charge in [-0.1, -0.05) is 0 Å². The summed E-state index contributed by atoms with van der Waals surface area (Å²) in [6, 6.07) is -1.74. The minimum Gasteiger partial charge on any atom is -0.447 e. The molecule has 1 spiro atoms. The number of rotatable bonds is 5. The van der Waals surface area contributed by atoms with Crippen LogP contribution in [0.25, 0.3) is 0 Å². The van der Waals surface area contributed by atoms with Crippen molar-refractivity contribution >= 4 is 18.0 Å². The van der Waals surface area contributed by atoms with Gasteiger partial charge in [-0.3, -0.25) is 10.8 Å². The fourth-order valence-corrected chi connectivity index (χ4v) is 4.11. The summed E-state index contributed by atoms with van der Waals surface area (Å²) in [5.74, 6) is -2.34. The molecule has 4 atom stereocenters. The third-order valence-electron chi connectivity index (χ3n) is 5.04. The van der Waals surface area contributed by atoms with Gasteiger partial charge in [0.2, 0.25) is 5.79 Å². The molecule has 1 unspecified atom stereocenters. The third-order valence-corrected chi connectivity index (χ3v) is 5.04. The van der Waals surface area contributed by atoms with Crippen LogP contribution in [0.15, 0.2) is 0 Å². The van der Waals surface area contributed by atoms with Crippen molar-refractivity contribution in [1.29, 1.82) is 10.8 Å². The first kappa shape index (κ1) is 17.5. The SMILES string of the molecule is CNCCC1CC(O)(O)[C@]23NC(=N)N[C@H]2[C@H](COC(N)=O)NC(=N)N13. The molecule has 3 saturated heterocycles. The highest BCUT2D eigenvalue weighted by Crippen LogP contribution is 2.46. The lowest BCUT2D eigenvalue weighted by Crippen LogP contribution is -2.80. The van der Waals surface area contributed by atoms with E-state index in [2.05, 4.69) is 21.3 Å². The molecule has 1 amide bonds. The van der Waals surface area contributed by atoms with E-state index < -0.39 is 29.6 Å². The summed E-state index contributed by atoms with van der Waals surface area (Å²) in [4.78, 5) is 12.5. The number of primary amides is 1. The number of carbonyl (C=O) groups excluding carboxylic acids is 1. The molecule has 0 aromatic heterocycles. The van der Waals surface area contributed by atoms with Crippen LogP contribution in [0.2, 0.25) is 0 Å². The van der Waals surface area contributed by atoms with Gasteiger partial charge in [-0.25, -0.2) is 4.79 Å². The Labute approximate surface area is 144 Å². The van der Waals surface area contributed by atoms with Crippen molar-refractivity contribution < 1.29 is 19.7 Å². The number of ether oxygens (including phenoxy) is 1. The van der Waals surface area contributed by atoms with E-state index in [1.807, 2.05) is 0 Å². The van der Waals surface area contributed by atoms with Crippen LogP contribution in [0.4, 0.5) is 4.79 Å². The molecule has 3 aliphatic rings. The Morgan fingerprint density at radius 3 is 2.84 bits per heavy atom. The van der Waals surface area contributed by atoms with Crippen molar-refractivity contribution in [3.63, 3.8) is 0 Å². The van der Waals surface area contributed by atoms with Crippen molar-refractivity contribution in [1.82, 2.24) is 26.2 Å². The minimum absolute atomic E-state index is 0.000592. The number of hydrogen-bond donors (Lipinski definition) is 9. The van der Waals surface area contributed by atoms with E-state index in [1.165, 1.54) is 0 Å². The maximum Gasteiger partial charge on any atom is 0.404 e. The lowest BCUT2D eigenvalue weighted by Gasteiger charge is -2.52. The molecule has 12 heteroatoms. The first-order chi connectivity index (χ1) is 11.7. The second-order valence-corrected chi connectivity index (χ2v) is 6.55. The Balaban J connectivity index is 1.97. The Morgan fingerprint density at radius 2 is 2.20 bits per heavy atom. The van der Waals surface area contributed by atoms with Gasteiger partial charge < -0.3 is 46.9 Å². The zero-order chi connectivity index (χ0) is 18.4. The molecule has 0 bridgehead atoms. The van der Waals surface area contributed by atoms with Crippen molar-refractivity contribution in [2.45, 2.75) is 42.4 Å². The largest absolute Gasteiger partial charge is 0.447 e. The number of aliphatic hydroxyl groups is 2. The predicted molar refractivity (Wildman–Crippen MR) is 86.7 cm³/mol. The van der Waals surface area contributed by atoms with E-state index in [0.717, 1.165) is 0 Å². The van der Waals surface area contributed by atoms with Crippen LogP contribution < -0.4 is 27.0 Å². The molecule has 25 heavy (non-hydrogen) atoms. The highest BCUT2D eigenvalue weighted by Gasteiger charge is 2.72. The maximum absolute atomic E-state index is 10.9. The first-order valence-electron chi connectivity index (χ1n) is 8.02. The topological polar surface area (TPSA) is 192 Å². The predicted octanol–water partition coefficient (Wildman–Crippen LogP) is -3.45. The highest BCUT2D eigenvalue weighted by atomic mass is 16.5. The monoisotopic (exact) mass is 356 g/mol. The smallest absolute Gasteiger partial charge is 0.404 e. The average Bonchev–Trinajstić information content (AvgIpc) is 2.98. The molecular weight excluding hydrogens is 332 g/mol. The number of nitrogens with zero attached hydrogens (tertiary/aromatic N) is 1. The summed E-state index contributed by atoms with van der Waals surface area (Å²) >= 11 is 0. The zero-order valence-corrected chi connectivity index (χ0v) is 13.8. The molecule has 10 N–H and O–H groups in total. The average molecular weight is 356 g/mol. The summed E-state index contributed by atoms with van der Waals surface area (Å²) in [6.45, 7) is 0.446. The van der Waals surface area contributed by atoms with Gasteiger partial charge in [-0.05, 0) is 20.0 Å². The number of amides is 1. The van der Waals surface area contributed by atoms with Crippen molar-refractivity contribution in [2.24, 2.45) is 5.73 Å². The second-order valence-electron chi connectivity index (χ2n) is 6.55. The van der Waals surface area contributed by atoms with Gasteiger partial charge >= 0.3 is 6.09 Å². The van der Waals surface area contributed by atoms with E-state index in [4.69, 9.17) is 21.3 Å². The summed E-state index contributed by atoms with van der Waals surface area (Å²) < 4.78 is 4.83. The molecule has 3 heterocycles. The number of hydrogen-bond acceptors (Lipinski definition) is 7. The number of guanidine groups is 2. The molecular formula is C13H24N8O4. The van der Waals surface area contributed by atoms with Gasteiger partial charge in [0.1, 0.15) is 6.61 Å². The number of nitrogens with one attached hydrogen (secondary N) is 6. The fourth-order valence-electron chi connectivity index (χ4n) is 4.11. The van der Waals surface area contributed by atoms with Crippen LogP contribution >= 0.6 is 0 Å². The van der Waals surface area contributed by atoms with Gasteiger partial charge in [-0.2, -0.15) is 0 Å². The van der Waals surface area contributed by atoms with Crippen LogP contribution in [-0.2, 0) is 4.74 Å². The Hall–Kier alpha value is -2.31. The molecule has 0 saturated carbocycles. The Bertz CT molecular complexity index is 599. The Morgan fingerprint density at radius 1 is 1.48 bits per heavy atom. The summed E-state index contributed by atoms with van der Waals surface area (Å²) in [7, 11) is 1.79. The van der Waals surface area contributed by atoms with Crippen LogP contribution in [0.5, 0.6) is 0 Å². The summed E-state index contributed by atoms with van der Waals surface area (Å²) in [5.41, 5.74) is 3.49. The Kier molecular flexibility index (Phi) is 4.13. The summed E-state index contributed by atoms with van der Waals surface area (Å²) in [5, 5.41) is 49.4. The maximum atomic E-state index is 10.9. The molecule has 140 valence electrons. The van der Waals surface area contributed by atoms with E-state index in [0.29, 0.717) is 13.0 Å². The molecule has 3 fully saturated rings. The van der Waals surface area contributed by atoms with E-state index in [1.54, 1.807) is 11.9 Å². The van der Waals surface area contributed by atoms with Crippen molar-refractivity contribution in [3.8, 4) is 0 Å². The fraction of sp³-hybridized carbons (Fsp3) is 0.769. The van der Waals surface area contributed by atoms with E-state index >= 15 is 0 Å². The molecule has 0 aromatic rings. The van der Waals surface area contributed by atoms with Crippen LogP contribution in [-0.4, -0.2) is 82.9 Å². The summed E-state index contributed by atoms with van der Waals surface area (Å²) in [6.07, 6.45) is -0.390. The minimum atomic E-state index is -2.20. The number of nitrogens with two attached hydrogens (primary N) is 1. The molecule has 0 radical (unpaired) electrons. The van der Waals surface area contributed by atoms with Crippen LogP contribution in [0, 0.1) is 10.8 Å². The molecule has 12 nitrogen and oxygen atoms in total. The van der Waals surface area contributed by atoms with Crippen LogP contribution in [0.3, 0.4) is 0 Å². The quantitative estimate of drug-likeness (QED) is 0.225. The highest BCUT2D eigenvalue weighted by molar-refractivity contribution is 5.87. The van der Waals surface area contributed by atoms with Crippen molar-refractivity contribution in [2.75, 3.05) is 20.2 Å². The van der Waals surface area contributed by atoms with Gasteiger partial charge in [0, 0.05) is 12.5 Å². The lowest BCUT2D eigenvalue weighted by atomic mass is 9.86. The second kappa shape index (κ2) is 5.89. The van der Waals surface area contributed by atoms with Crippen LogP contribution in [0.1, 0.15) is 12.8 Å². The lowest BCUT2D eigenvalue weighted by molar-refractivity contribution is -0.223. The third kappa shape index (κ3) is 2.53. The first-order valence-corrected chi connectivity index (χ1v) is 8.02. The molecule has 3 rings (SSSR count). The van der Waals surface area contributed by atoms with Gasteiger partial charge in [0.15, 0.2) is 17.6 Å².